The van der Waals surface area contributed by atoms with Gasteiger partial charge in [0, 0.05) is 12.1 Å². The maximum Gasteiger partial charge on any atom is 0.601 e. The smallest absolute Gasteiger partial charge is 0.412 e. The van der Waals surface area contributed by atoms with Crippen molar-refractivity contribution in [3.05, 3.63) is 30.1 Å². The Bertz CT molecular complexity index is 304. The summed E-state index contributed by atoms with van der Waals surface area (Å²) in [5.74, 6) is 0.479. The molecule has 0 unspecified atom stereocenters. The van der Waals surface area contributed by atoms with Crippen LogP contribution in [0.25, 0.3) is 0 Å². The van der Waals surface area contributed by atoms with Crippen LogP contribution in [0.5, 0.6) is 0 Å². The molecule has 0 amide bonds. The standard InChI is InChI=1S/C11H16NO2/c1-4-14-11(13)12-7-5-10(6-8-12)9(2)3/h5-9H,4H2,1-3H3/q+1. The van der Waals surface area contributed by atoms with E-state index in [4.69, 9.17) is 4.74 Å². The first-order valence-corrected chi connectivity index (χ1v) is 4.83. The third-order valence-electron chi connectivity index (χ3n) is 2.00. The highest BCUT2D eigenvalue weighted by Gasteiger charge is 2.14. The van der Waals surface area contributed by atoms with Crippen molar-refractivity contribution in [2.24, 2.45) is 0 Å². The van der Waals surface area contributed by atoms with Crippen LogP contribution in [0.2, 0.25) is 0 Å². The summed E-state index contributed by atoms with van der Waals surface area (Å²) in [6.07, 6.45) is 3.13. The molecule has 0 N–H and O–H groups in total. The Hall–Kier alpha value is -1.38. The molecule has 0 radical (unpaired) electrons. The summed E-state index contributed by atoms with van der Waals surface area (Å²) in [7, 11) is 0. The van der Waals surface area contributed by atoms with Crippen LogP contribution >= 0.6 is 0 Å². The lowest BCUT2D eigenvalue weighted by molar-refractivity contribution is -0.586. The Balaban J connectivity index is 2.78. The van der Waals surface area contributed by atoms with Gasteiger partial charge >= 0.3 is 6.09 Å². The summed E-state index contributed by atoms with van der Waals surface area (Å²) in [5.41, 5.74) is 1.21. The zero-order valence-corrected chi connectivity index (χ0v) is 8.86. The normalized spacial score (nSPS) is 10.3. The third-order valence-corrected chi connectivity index (χ3v) is 2.00. The van der Waals surface area contributed by atoms with Crippen molar-refractivity contribution in [2.45, 2.75) is 26.7 Å². The van der Waals surface area contributed by atoms with E-state index in [9.17, 15) is 4.79 Å². The minimum Gasteiger partial charge on any atom is -0.412 e. The highest BCUT2D eigenvalue weighted by Crippen LogP contribution is 2.10. The van der Waals surface area contributed by atoms with Crippen molar-refractivity contribution in [3.63, 3.8) is 0 Å². The summed E-state index contributed by atoms with van der Waals surface area (Å²) < 4.78 is 6.29. The second-order valence-corrected chi connectivity index (χ2v) is 3.39. The molecule has 0 spiro atoms. The predicted molar refractivity (Wildman–Crippen MR) is 53.1 cm³/mol. The van der Waals surface area contributed by atoms with E-state index < -0.39 is 0 Å². The SMILES string of the molecule is CCOC(=O)[n+]1ccc(C(C)C)cc1. The lowest BCUT2D eigenvalue weighted by Gasteiger charge is -2.02. The Morgan fingerprint density at radius 3 is 2.43 bits per heavy atom. The van der Waals surface area contributed by atoms with Gasteiger partial charge in [-0.25, -0.2) is 0 Å². The molecule has 0 saturated heterocycles. The molecule has 0 bridgehead atoms. The molecule has 76 valence electrons. The number of carbonyl (C=O) groups excluding carboxylic acids is 1. The van der Waals surface area contributed by atoms with E-state index >= 15 is 0 Å². The molecule has 3 heteroatoms. The zero-order valence-electron chi connectivity index (χ0n) is 8.86. The highest BCUT2D eigenvalue weighted by molar-refractivity contribution is 5.56. The number of pyridine rings is 1. The molecule has 0 aliphatic carbocycles. The second-order valence-electron chi connectivity index (χ2n) is 3.39. The minimum absolute atomic E-state index is 0.331. The van der Waals surface area contributed by atoms with Crippen LogP contribution in [0.3, 0.4) is 0 Å². The molecule has 0 saturated carbocycles. The number of aromatic nitrogens is 1. The fraction of sp³-hybridized carbons (Fsp3) is 0.455. The first kappa shape index (κ1) is 10.7. The van der Waals surface area contributed by atoms with E-state index in [1.807, 2.05) is 12.1 Å². The second kappa shape index (κ2) is 4.74. The van der Waals surface area contributed by atoms with Gasteiger partial charge in [-0.2, -0.15) is 4.79 Å². The summed E-state index contributed by atoms with van der Waals surface area (Å²) >= 11 is 0. The Morgan fingerprint density at radius 2 is 2.00 bits per heavy atom. The van der Waals surface area contributed by atoms with E-state index in [1.165, 1.54) is 10.1 Å². The van der Waals surface area contributed by atoms with Crippen LogP contribution in [-0.2, 0) is 4.74 Å². The highest BCUT2D eigenvalue weighted by atomic mass is 16.5. The fourth-order valence-corrected chi connectivity index (χ4v) is 1.14. The molecule has 1 aromatic heterocycles. The monoisotopic (exact) mass is 194 g/mol. The molecule has 0 aliphatic heterocycles. The van der Waals surface area contributed by atoms with E-state index in [0.717, 1.165) is 0 Å². The summed E-state index contributed by atoms with van der Waals surface area (Å²) in [5, 5.41) is 0. The maximum atomic E-state index is 11.3. The van der Waals surface area contributed by atoms with E-state index in [-0.39, 0.29) is 6.09 Å². The molecule has 1 heterocycles. The van der Waals surface area contributed by atoms with Crippen LogP contribution < -0.4 is 4.57 Å². The fourth-order valence-electron chi connectivity index (χ4n) is 1.14. The van der Waals surface area contributed by atoms with Crippen molar-refractivity contribution < 1.29 is 14.1 Å². The molecule has 0 aromatic carbocycles. The van der Waals surface area contributed by atoms with Gasteiger partial charge in [0.15, 0.2) is 12.4 Å². The first-order valence-electron chi connectivity index (χ1n) is 4.83. The average Bonchev–Trinajstić information content (AvgIpc) is 2.18. The molecule has 14 heavy (non-hydrogen) atoms. The number of rotatable bonds is 2. The average molecular weight is 194 g/mol. The van der Waals surface area contributed by atoms with Gasteiger partial charge in [-0.3, -0.25) is 0 Å². The van der Waals surface area contributed by atoms with Crippen LogP contribution in [0.4, 0.5) is 4.79 Å². The topological polar surface area (TPSA) is 30.2 Å². The summed E-state index contributed by atoms with van der Waals surface area (Å²) in [6.45, 7) is 6.42. The van der Waals surface area contributed by atoms with Gasteiger partial charge in [-0.15, -0.1) is 0 Å². The number of hydrogen-bond acceptors (Lipinski definition) is 2. The quantitative estimate of drug-likeness (QED) is 0.675. The number of ether oxygens (including phenoxy) is 1. The van der Waals surface area contributed by atoms with E-state index in [1.54, 1.807) is 19.3 Å². The summed E-state index contributed by atoms with van der Waals surface area (Å²) in [4.78, 5) is 11.3. The van der Waals surface area contributed by atoms with Gasteiger partial charge in [0.1, 0.15) is 0 Å². The predicted octanol–water partition coefficient (Wildman–Crippen LogP) is 2.10. The molecule has 0 fully saturated rings. The van der Waals surface area contributed by atoms with Crippen LogP contribution in [0.1, 0.15) is 32.3 Å². The van der Waals surface area contributed by atoms with Gasteiger partial charge in [-0.05, 0) is 18.4 Å². The Morgan fingerprint density at radius 1 is 1.43 bits per heavy atom. The van der Waals surface area contributed by atoms with Crippen molar-refractivity contribution in [3.8, 4) is 0 Å². The van der Waals surface area contributed by atoms with E-state index in [2.05, 4.69) is 13.8 Å². The maximum absolute atomic E-state index is 11.3. The molecule has 1 rings (SSSR count). The van der Waals surface area contributed by atoms with Gasteiger partial charge in [0.25, 0.3) is 0 Å². The molecular formula is C11H16NO2+. The number of nitrogens with zero attached hydrogens (tertiary/aromatic N) is 1. The molecule has 1 aromatic rings. The van der Waals surface area contributed by atoms with Crippen molar-refractivity contribution in [2.75, 3.05) is 6.61 Å². The Labute approximate surface area is 84.3 Å². The molecular weight excluding hydrogens is 178 g/mol. The number of carbonyl (C=O) groups is 1. The summed E-state index contributed by atoms with van der Waals surface area (Å²) in [6, 6.07) is 3.86. The van der Waals surface area contributed by atoms with Crippen LogP contribution in [0, 0.1) is 0 Å². The van der Waals surface area contributed by atoms with Gasteiger partial charge in [0.2, 0.25) is 0 Å². The third kappa shape index (κ3) is 2.55. The zero-order chi connectivity index (χ0) is 10.6. The van der Waals surface area contributed by atoms with Crippen LogP contribution in [0.15, 0.2) is 24.5 Å². The lowest BCUT2D eigenvalue weighted by Crippen LogP contribution is -2.42. The van der Waals surface area contributed by atoms with Gasteiger partial charge in [-0.1, -0.05) is 18.4 Å². The van der Waals surface area contributed by atoms with Crippen LogP contribution in [-0.4, -0.2) is 12.7 Å². The van der Waals surface area contributed by atoms with Crippen molar-refractivity contribution in [1.29, 1.82) is 0 Å². The Kier molecular flexibility index (Phi) is 3.63. The first-order chi connectivity index (χ1) is 6.65. The van der Waals surface area contributed by atoms with Gasteiger partial charge < -0.3 is 4.74 Å². The number of hydrogen-bond donors (Lipinski definition) is 0. The lowest BCUT2D eigenvalue weighted by atomic mass is 10.1. The van der Waals surface area contributed by atoms with Crippen molar-refractivity contribution >= 4 is 6.09 Å². The minimum atomic E-state index is -0.331. The molecule has 0 atom stereocenters. The largest absolute Gasteiger partial charge is 0.601 e. The van der Waals surface area contributed by atoms with Gasteiger partial charge in [0.05, 0.1) is 6.61 Å². The van der Waals surface area contributed by atoms with E-state index in [0.29, 0.717) is 12.5 Å². The molecule has 0 aliphatic rings. The van der Waals surface area contributed by atoms with Crippen molar-refractivity contribution in [1.82, 2.24) is 0 Å². The molecule has 3 nitrogen and oxygen atoms in total.